The number of aryl methyl sites for hydroxylation is 1. The van der Waals surface area contributed by atoms with Crippen LogP contribution in [0.5, 0.6) is 0 Å². The van der Waals surface area contributed by atoms with Gasteiger partial charge in [-0.1, -0.05) is 0 Å². The van der Waals surface area contributed by atoms with Gasteiger partial charge in [-0.15, -0.1) is 0 Å². The van der Waals surface area contributed by atoms with E-state index in [0.717, 1.165) is 11.5 Å². The Balaban J connectivity index is 1.94. The van der Waals surface area contributed by atoms with Crippen LogP contribution in [0, 0.1) is 0 Å². The number of benzene rings is 1. The third-order valence-electron chi connectivity index (χ3n) is 3.17. The van der Waals surface area contributed by atoms with E-state index >= 15 is 0 Å². The zero-order chi connectivity index (χ0) is 14.1. The minimum atomic E-state index is -0.197. The molecular formula is C13H14N6O. The van der Waals surface area contributed by atoms with Crippen LogP contribution >= 0.6 is 0 Å². The van der Waals surface area contributed by atoms with Crippen molar-refractivity contribution in [1.82, 2.24) is 19.5 Å². The van der Waals surface area contributed by atoms with Crippen molar-refractivity contribution in [3.63, 3.8) is 0 Å². The number of rotatable bonds is 3. The molecule has 0 saturated carbocycles. The molecule has 0 fully saturated rings. The summed E-state index contributed by atoms with van der Waals surface area (Å²) in [6.45, 7) is 0.544. The van der Waals surface area contributed by atoms with Crippen molar-refractivity contribution in [2.24, 2.45) is 7.05 Å². The van der Waals surface area contributed by atoms with Crippen LogP contribution in [0.25, 0.3) is 10.9 Å². The molecule has 0 aliphatic rings. The van der Waals surface area contributed by atoms with E-state index in [1.165, 1.54) is 6.33 Å². The molecule has 0 saturated heterocycles. The predicted octanol–water partition coefficient (Wildman–Crippen LogP) is 0.851. The summed E-state index contributed by atoms with van der Waals surface area (Å²) < 4.78 is 1.92. The molecule has 0 unspecified atom stereocenters. The Kier molecular flexibility index (Phi) is 2.86. The number of nitrogens with zero attached hydrogens (tertiary/aromatic N) is 3. The van der Waals surface area contributed by atoms with Crippen LogP contribution < -0.4 is 16.6 Å². The first-order valence-electron chi connectivity index (χ1n) is 6.12. The average Bonchev–Trinajstić information content (AvgIpc) is 2.83. The van der Waals surface area contributed by atoms with Gasteiger partial charge in [0.15, 0.2) is 0 Å². The number of nitrogens with one attached hydrogen (secondary N) is 2. The van der Waals surface area contributed by atoms with E-state index in [1.807, 2.05) is 17.8 Å². The normalized spacial score (nSPS) is 10.8. The molecule has 3 rings (SSSR count). The van der Waals surface area contributed by atoms with E-state index in [1.54, 1.807) is 18.3 Å². The molecule has 0 amide bonds. The molecule has 3 aromatic rings. The number of nitrogen functional groups attached to an aromatic ring is 1. The molecule has 2 heterocycles. The summed E-state index contributed by atoms with van der Waals surface area (Å²) in [5.74, 6) is 0.892. The minimum Gasteiger partial charge on any atom is -0.397 e. The Morgan fingerprint density at radius 2 is 2.25 bits per heavy atom. The maximum atomic E-state index is 11.6. The molecule has 0 atom stereocenters. The summed E-state index contributed by atoms with van der Waals surface area (Å²) in [6.07, 6.45) is 4.99. The topological polar surface area (TPSA) is 102 Å². The van der Waals surface area contributed by atoms with E-state index < -0.39 is 0 Å². The van der Waals surface area contributed by atoms with Crippen molar-refractivity contribution in [2.45, 2.75) is 6.54 Å². The number of aromatic amines is 1. The van der Waals surface area contributed by atoms with Crippen LogP contribution in [0.15, 0.2) is 35.6 Å². The van der Waals surface area contributed by atoms with Crippen LogP contribution in [0.4, 0.5) is 11.4 Å². The number of hydrogen-bond acceptors (Lipinski definition) is 5. The molecule has 0 radical (unpaired) electrons. The standard InChI is InChI=1S/C13H14N6O/c1-19-3-2-15-12(19)6-16-11-5-10-8(4-9(11)14)13(20)18-7-17-10/h2-5,7,16H,6,14H2,1H3,(H,17,18,20). The number of H-pyrrole nitrogens is 1. The quantitative estimate of drug-likeness (QED) is 0.612. The van der Waals surface area contributed by atoms with Crippen LogP contribution in [0.2, 0.25) is 0 Å². The minimum absolute atomic E-state index is 0.197. The van der Waals surface area contributed by atoms with Gasteiger partial charge in [-0.05, 0) is 12.1 Å². The second-order valence-electron chi connectivity index (χ2n) is 4.50. The van der Waals surface area contributed by atoms with E-state index in [-0.39, 0.29) is 5.56 Å². The van der Waals surface area contributed by atoms with Crippen molar-refractivity contribution in [3.05, 3.63) is 47.0 Å². The lowest BCUT2D eigenvalue weighted by molar-refractivity contribution is 0.813. The lowest BCUT2D eigenvalue weighted by Gasteiger charge is -2.10. The number of hydrogen-bond donors (Lipinski definition) is 3. The summed E-state index contributed by atoms with van der Waals surface area (Å²) >= 11 is 0. The first-order valence-corrected chi connectivity index (χ1v) is 6.12. The third kappa shape index (κ3) is 2.09. The van der Waals surface area contributed by atoms with Gasteiger partial charge in [-0.3, -0.25) is 4.79 Å². The fourth-order valence-electron chi connectivity index (χ4n) is 2.03. The number of imidazole rings is 1. The van der Waals surface area contributed by atoms with Crippen LogP contribution in [-0.2, 0) is 13.6 Å². The van der Waals surface area contributed by atoms with E-state index in [2.05, 4.69) is 20.3 Å². The average molecular weight is 270 g/mol. The van der Waals surface area contributed by atoms with Gasteiger partial charge >= 0.3 is 0 Å². The first kappa shape index (κ1) is 12.2. The highest BCUT2D eigenvalue weighted by atomic mass is 16.1. The monoisotopic (exact) mass is 270 g/mol. The molecule has 0 aliphatic carbocycles. The zero-order valence-corrected chi connectivity index (χ0v) is 10.9. The Morgan fingerprint density at radius 3 is 3.00 bits per heavy atom. The van der Waals surface area contributed by atoms with E-state index in [4.69, 9.17) is 5.73 Å². The van der Waals surface area contributed by atoms with Gasteiger partial charge in [0.25, 0.3) is 5.56 Å². The van der Waals surface area contributed by atoms with Gasteiger partial charge in [0, 0.05) is 19.4 Å². The second-order valence-corrected chi connectivity index (χ2v) is 4.50. The lowest BCUT2D eigenvalue weighted by Crippen LogP contribution is -2.10. The Morgan fingerprint density at radius 1 is 1.40 bits per heavy atom. The summed E-state index contributed by atoms with van der Waals surface area (Å²) in [7, 11) is 1.93. The summed E-state index contributed by atoms with van der Waals surface area (Å²) in [6, 6.07) is 3.39. The van der Waals surface area contributed by atoms with Crippen LogP contribution in [-0.4, -0.2) is 19.5 Å². The van der Waals surface area contributed by atoms with Gasteiger partial charge in [-0.25, -0.2) is 9.97 Å². The van der Waals surface area contributed by atoms with E-state index in [9.17, 15) is 4.79 Å². The highest BCUT2D eigenvalue weighted by Gasteiger charge is 2.06. The molecule has 7 nitrogen and oxygen atoms in total. The zero-order valence-electron chi connectivity index (χ0n) is 10.9. The number of aromatic nitrogens is 4. The molecule has 7 heteroatoms. The highest BCUT2D eigenvalue weighted by Crippen LogP contribution is 2.23. The van der Waals surface area contributed by atoms with Crippen molar-refractivity contribution >= 4 is 22.3 Å². The van der Waals surface area contributed by atoms with Crippen molar-refractivity contribution < 1.29 is 0 Å². The summed E-state index contributed by atoms with van der Waals surface area (Å²) in [4.78, 5) is 22.5. The second kappa shape index (κ2) is 4.69. The molecule has 0 aliphatic heterocycles. The number of anilines is 2. The molecular weight excluding hydrogens is 256 g/mol. The Hall–Kier alpha value is -2.83. The molecule has 2 aromatic heterocycles. The SMILES string of the molecule is Cn1ccnc1CNc1cc2nc[nH]c(=O)c2cc1N. The molecule has 4 N–H and O–H groups in total. The molecule has 20 heavy (non-hydrogen) atoms. The smallest absolute Gasteiger partial charge is 0.258 e. The van der Waals surface area contributed by atoms with Gasteiger partial charge < -0.3 is 20.6 Å². The predicted molar refractivity (Wildman–Crippen MR) is 77.3 cm³/mol. The van der Waals surface area contributed by atoms with Gasteiger partial charge in [0.05, 0.1) is 35.1 Å². The van der Waals surface area contributed by atoms with Crippen LogP contribution in [0.3, 0.4) is 0 Å². The van der Waals surface area contributed by atoms with Gasteiger partial charge in [-0.2, -0.15) is 0 Å². The Labute approximate surface area is 114 Å². The summed E-state index contributed by atoms with van der Waals surface area (Å²) in [5, 5.41) is 3.69. The lowest BCUT2D eigenvalue weighted by atomic mass is 10.2. The molecule has 102 valence electrons. The maximum absolute atomic E-state index is 11.6. The van der Waals surface area contributed by atoms with Crippen molar-refractivity contribution in [1.29, 1.82) is 0 Å². The number of nitrogens with two attached hydrogens (primary N) is 1. The fraction of sp³-hybridized carbons (Fsp3) is 0.154. The van der Waals surface area contributed by atoms with Crippen LogP contribution in [0.1, 0.15) is 5.82 Å². The number of fused-ring (bicyclic) bond motifs is 1. The van der Waals surface area contributed by atoms with Crippen molar-refractivity contribution in [3.8, 4) is 0 Å². The highest BCUT2D eigenvalue weighted by molar-refractivity contribution is 5.88. The van der Waals surface area contributed by atoms with Gasteiger partial charge in [0.2, 0.25) is 0 Å². The third-order valence-corrected chi connectivity index (χ3v) is 3.17. The van der Waals surface area contributed by atoms with E-state index in [0.29, 0.717) is 23.1 Å². The van der Waals surface area contributed by atoms with Gasteiger partial charge in [0.1, 0.15) is 5.82 Å². The molecule has 1 aromatic carbocycles. The Bertz CT molecular complexity index is 819. The first-order chi connectivity index (χ1) is 9.65. The molecule has 0 bridgehead atoms. The fourth-order valence-corrected chi connectivity index (χ4v) is 2.03. The van der Waals surface area contributed by atoms with Crippen molar-refractivity contribution in [2.75, 3.05) is 11.1 Å². The summed E-state index contributed by atoms with van der Waals surface area (Å²) in [5.41, 5.74) is 7.61. The largest absolute Gasteiger partial charge is 0.397 e. The molecule has 0 spiro atoms. The maximum Gasteiger partial charge on any atom is 0.258 e.